The second-order valence-electron chi connectivity index (χ2n) is 8.60. The van der Waals surface area contributed by atoms with E-state index >= 15 is 0 Å². The van der Waals surface area contributed by atoms with Crippen molar-refractivity contribution < 1.29 is 28.7 Å². The Balaban J connectivity index is 2.05. The first-order valence-corrected chi connectivity index (χ1v) is 8.62. The Labute approximate surface area is 153 Å². The van der Waals surface area contributed by atoms with E-state index in [1.54, 1.807) is 41.5 Å². The molecule has 0 aromatic rings. The summed E-state index contributed by atoms with van der Waals surface area (Å²) in [6.07, 6.45) is -1.05. The van der Waals surface area contributed by atoms with Gasteiger partial charge in [0.25, 0.3) is 5.91 Å². The van der Waals surface area contributed by atoms with Crippen LogP contribution in [0.2, 0.25) is 0 Å². The van der Waals surface area contributed by atoms with Gasteiger partial charge in [0, 0.05) is 13.1 Å². The van der Waals surface area contributed by atoms with Gasteiger partial charge in [0.05, 0.1) is 0 Å². The molecule has 0 bridgehead atoms. The number of nitrogens with zero attached hydrogens (tertiary/aromatic N) is 2. The monoisotopic (exact) mass is 369 g/mol. The third-order valence-corrected chi connectivity index (χ3v) is 4.01. The van der Waals surface area contributed by atoms with Crippen molar-refractivity contribution in [2.45, 2.75) is 71.1 Å². The van der Waals surface area contributed by atoms with Crippen molar-refractivity contribution in [1.82, 2.24) is 15.1 Å². The molecule has 9 nitrogen and oxygen atoms in total. The molecule has 2 heterocycles. The quantitative estimate of drug-likeness (QED) is 0.657. The van der Waals surface area contributed by atoms with Crippen molar-refractivity contribution in [3.8, 4) is 0 Å². The number of hydrogen-bond acceptors (Lipinski definition) is 6. The van der Waals surface area contributed by atoms with Crippen molar-refractivity contribution in [3.05, 3.63) is 0 Å². The van der Waals surface area contributed by atoms with E-state index in [1.165, 1.54) is 4.90 Å². The van der Waals surface area contributed by atoms with Crippen LogP contribution in [0.1, 0.15) is 54.4 Å². The molecule has 0 aromatic heterocycles. The Bertz CT molecular complexity index is 623. The largest absolute Gasteiger partial charge is 0.444 e. The number of urea groups is 1. The Morgan fingerprint density at radius 1 is 0.923 bits per heavy atom. The highest BCUT2D eigenvalue weighted by Gasteiger charge is 2.56. The number of nitrogens with one attached hydrogen (secondary N) is 1. The molecule has 1 spiro atoms. The number of carbonyl (C=O) groups is 4. The summed E-state index contributed by atoms with van der Waals surface area (Å²) in [7, 11) is 0. The number of likely N-dealkylation sites (tertiary alicyclic amines) is 1. The van der Waals surface area contributed by atoms with E-state index in [-0.39, 0.29) is 25.9 Å². The molecule has 2 saturated heterocycles. The predicted octanol–water partition coefficient (Wildman–Crippen LogP) is 2.24. The minimum absolute atomic E-state index is 0.204. The van der Waals surface area contributed by atoms with E-state index in [1.807, 2.05) is 0 Å². The van der Waals surface area contributed by atoms with Crippen molar-refractivity contribution in [2.24, 2.45) is 0 Å². The number of piperidine rings is 1. The average molecular weight is 369 g/mol. The molecule has 146 valence electrons. The first kappa shape index (κ1) is 20.0. The lowest BCUT2D eigenvalue weighted by molar-refractivity contribution is -0.132. The van der Waals surface area contributed by atoms with Gasteiger partial charge in [-0.1, -0.05) is 0 Å². The molecular formula is C17H27N3O6. The minimum atomic E-state index is -1.19. The molecule has 9 heteroatoms. The van der Waals surface area contributed by atoms with Gasteiger partial charge in [0.1, 0.15) is 16.7 Å². The maximum Gasteiger partial charge on any atom is 0.425 e. The molecule has 1 N–H and O–H groups in total. The summed E-state index contributed by atoms with van der Waals surface area (Å²) in [5.74, 6) is -0.638. The summed E-state index contributed by atoms with van der Waals surface area (Å²) in [6, 6.07) is -0.796. The highest BCUT2D eigenvalue weighted by Crippen LogP contribution is 2.31. The van der Waals surface area contributed by atoms with Gasteiger partial charge in [-0.15, -0.1) is 0 Å². The van der Waals surface area contributed by atoms with Crippen LogP contribution < -0.4 is 5.32 Å². The maximum absolute atomic E-state index is 12.7. The van der Waals surface area contributed by atoms with Gasteiger partial charge in [-0.25, -0.2) is 14.4 Å². The molecule has 0 saturated carbocycles. The zero-order chi connectivity index (χ0) is 19.9. The molecule has 0 unspecified atom stereocenters. The first-order valence-electron chi connectivity index (χ1n) is 8.62. The van der Waals surface area contributed by atoms with Crippen LogP contribution in [0.15, 0.2) is 0 Å². The van der Waals surface area contributed by atoms with Gasteiger partial charge in [-0.2, -0.15) is 4.90 Å². The van der Waals surface area contributed by atoms with Crippen LogP contribution in [0, 0.1) is 0 Å². The van der Waals surface area contributed by atoms with Crippen LogP contribution in [0.3, 0.4) is 0 Å². The summed E-state index contributed by atoms with van der Waals surface area (Å²) >= 11 is 0. The molecule has 0 aliphatic carbocycles. The number of imide groups is 3. The maximum atomic E-state index is 12.7. The minimum Gasteiger partial charge on any atom is -0.444 e. The highest BCUT2D eigenvalue weighted by molar-refractivity contribution is 6.16. The lowest BCUT2D eigenvalue weighted by Crippen LogP contribution is -2.56. The summed E-state index contributed by atoms with van der Waals surface area (Å²) in [5, 5.41) is 2.60. The Hall–Kier alpha value is -2.32. The Morgan fingerprint density at radius 3 is 1.85 bits per heavy atom. The van der Waals surface area contributed by atoms with Gasteiger partial charge in [-0.05, 0) is 54.4 Å². The first-order chi connectivity index (χ1) is 11.7. The normalized spacial score (nSPS) is 20.2. The second kappa shape index (κ2) is 6.44. The van der Waals surface area contributed by atoms with E-state index in [4.69, 9.17) is 9.47 Å². The van der Waals surface area contributed by atoms with Gasteiger partial charge < -0.3 is 19.7 Å². The fourth-order valence-corrected chi connectivity index (χ4v) is 2.83. The van der Waals surface area contributed by atoms with Crippen LogP contribution in [-0.4, -0.2) is 63.8 Å². The van der Waals surface area contributed by atoms with Crippen LogP contribution in [0.5, 0.6) is 0 Å². The Kier molecular flexibility index (Phi) is 4.95. The van der Waals surface area contributed by atoms with E-state index in [9.17, 15) is 19.2 Å². The topological polar surface area (TPSA) is 105 Å². The molecule has 0 atom stereocenters. The van der Waals surface area contributed by atoms with Crippen molar-refractivity contribution in [2.75, 3.05) is 13.1 Å². The number of carbonyl (C=O) groups excluding carboxylic acids is 4. The third kappa shape index (κ3) is 4.25. The fourth-order valence-electron chi connectivity index (χ4n) is 2.83. The van der Waals surface area contributed by atoms with Gasteiger partial charge >= 0.3 is 18.2 Å². The third-order valence-electron chi connectivity index (χ3n) is 4.01. The average Bonchev–Trinajstić information content (AvgIpc) is 2.66. The van der Waals surface area contributed by atoms with Crippen LogP contribution in [-0.2, 0) is 14.3 Å². The van der Waals surface area contributed by atoms with Crippen LogP contribution in [0.25, 0.3) is 0 Å². The zero-order valence-corrected chi connectivity index (χ0v) is 16.2. The standard InChI is InChI=1S/C17H27N3O6/c1-15(2,3)25-13(23)19-9-7-17(8-10-19)11(21)20(12(22)18-17)14(24)26-16(4,5)6/h7-10H2,1-6H3,(H,18,22). The van der Waals surface area contributed by atoms with Crippen LogP contribution in [0.4, 0.5) is 14.4 Å². The second-order valence-corrected chi connectivity index (χ2v) is 8.60. The van der Waals surface area contributed by atoms with Gasteiger partial charge in [0.2, 0.25) is 0 Å². The lowest BCUT2D eigenvalue weighted by atomic mass is 9.87. The molecule has 0 radical (unpaired) electrons. The van der Waals surface area contributed by atoms with E-state index in [0.717, 1.165) is 0 Å². The van der Waals surface area contributed by atoms with E-state index in [2.05, 4.69) is 5.32 Å². The van der Waals surface area contributed by atoms with Crippen molar-refractivity contribution in [1.29, 1.82) is 0 Å². The molecule has 2 aliphatic heterocycles. The lowest BCUT2D eigenvalue weighted by Gasteiger charge is -2.37. The molecule has 5 amide bonds. The molecule has 2 fully saturated rings. The van der Waals surface area contributed by atoms with Crippen molar-refractivity contribution >= 4 is 24.1 Å². The number of rotatable bonds is 0. The molecule has 2 rings (SSSR count). The molecular weight excluding hydrogens is 342 g/mol. The number of ether oxygens (including phenoxy) is 2. The SMILES string of the molecule is CC(C)(C)OC(=O)N1CCC2(CC1)NC(=O)N(C(=O)OC(C)(C)C)C2=O. The van der Waals surface area contributed by atoms with Gasteiger partial charge in [0.15, 0.2) is 0 Å². The van der Waals surface area contributed by atoms with Crippen molar-refractivity contribution in [3.63, 3.8) is 0 Å². The molecule has 2 aliphatic rings. The van der Waals surface area contributed by atoms with Crippen LogP contribution >= 0.6 is 0 Å². The summed E-state index contributed by atoms with van der Waals surface area (Å²) < 4.78 is 10.5. The molecule has 0 aromatic carbocycles. The fraction of sp³-hybridized carbons (Fsp3) is 0.765. The van der Waals surface area contributed by atoms with E-state index < -0.39 is 40.9 Å². The predicted molar refractivity (Wildman–Crippen MR) is 91.4 cm³/mol. The zero-order valence-electron chi connectivity index (χ0n) is 16.2. The smallest absolute Gasteiger partial charge is 0.425 e. The summed E-state index contributed by atoms with van der Waals surface area (Å²) in [4.78, 5) is 51.2. The summed E-state index contributed by atoms with van der Waals surface area (Å²) in [6.45, 7) is 10.8. The van der Waals surface area contributed by atoms with Gasteiger partial charge in [-0.3, -0.25) is 4.79 Å². The summed E-state index contributed by atoms with van der Waals surface area (Å²) in [5.41, 5.74) is -2.63. The Morgan fingerprint density at radius 2 is 1.38 bits per heavy atom. The molecule has 26 heavy (non-hydrogen) atoms. The number of amides is 5. The van der Waals surface area contributed by atoms with E-state index in [0.29, 0.717) is 4.90 Å². The highest BCUT2D eigenvalue weighted by atomic mass is 16.6. The number of hydrogen-bond donors (Lipinski definition) is 1.